The predicted octanol–water partition coefficient (Wildman–Crippen LogP) is 3.31. The summed E-state index contributed by atoms with van der Waals surface area (Å²) in [7, 11) is 5.29. The van der Waals surface area contributed by atoms with Gasteiger partial charge < -0.3 is 29.6 Å². The van der Waals surface area contributed by atoms with Gasteiger partial charge in [0, 0.05) is 19.0 Å². The highest BCUT2D eigenvalue weighted by Crippen LogP contribution is 2.37. The molecule has 8 heteroatoms. The van der Waals surface area contributed by atoms with Crippen LogP contribution in [0.1, 0.15) is 41.0 Å². The molecule has 3 aromatic rings. The molecule has 0 spiro atoms. The molecule has 3 N–H and O–H groups in total. The van der Waals surface area contributed by atoms with Crippen LogP contribution < -0.4 is 15.5 Å². The molecule has 180 valence electrons. The Hall–Kier alpha value is -3.78. The summed E-state index contributed by atoms with van der Waals surface area (Å²) in [5, 5.41) is 23.4. The minimum absolute atomic E-state index is 0.0138. The van der Waals surface area contributed by atoms with E-state index in [-0.39, 0.29) is 35.6 Å². The number of rotatable bonds is 9. The van der Waals surface area contributed by atoms with Gasteiger partial charge in [-0.25, -0.2) is 0 Å². The highest BCUT2D eigenvalue weighted by molar-refractivity contribution is 5.77. The average molecular weight is 467 g/mol. The van der Waals surface area contributed by atoms with Crippen LogP contribution in [0.2, 0.25) is 0 Å². The number of phenols is 1. The Morgan fingerprint density at radius 1 is 1.09 bits per heavy atom. The van der Waals surface area contributed by atoms with Gasteiger partial charge in [0.2, 0.25) is 17.1 Å². The Kier molecular flexibility index (Phi) is 7.96. The van der Waals surface area contributed by atoms with Crippen LogP contribution in [-0.4, -0.2) is 48.8 Å². The van der Waals surface area contributed by atoms with E-state index in [1.54, 1.807) is 19.1 Å². The second-order valence-electron chi connectivity index (χ2n) is 8.32. The number of likely N-dealkylation sites (N-methyl/N-ethyl adjacent to an activating group) is 1. The lowest BCUT2D eigenvalue weighted by Crippen LogP contribution is -2.35. The summed E-state index contributed by atoms with van der Waals surface area (Å²) >= 11 is 0. The number of methoxy groups -OCH3 is 1. The van der Waals surface area contributed by atoms with Gasteiger partial charge in [-0.3, -0.25) is 9.59 Å². The zero-order valence-corrected chi connectivity index (χ0v) is 19.7. The number of phenolic OH excluding ortho intramolecular Hbond substituents is 1. The second-order valence-corrected chi connectivity index (χ2v) is 8.32. The van der Waals surface area contributed by atoms with Gasteiger partial charge >= 0.3 is 0 Å². The molecule has 0 radical (unpaired) electrons. The highest BCUT2D eigenvalue weighted by atomic mass is 16.5. The number of amides is 1. The smallest absolute Gasteiger partial charge is 0.227 e. The molecule has 3 rings (SSSR count). The van der Waals surface area contributed by atoms with Crippen LogP contribution in [0.25, 0.3) is 0 Å². The molecule has 8 nitrogen and oxygen atoms in total. The maximum absolute atomic E-state index is 13.0. The van der Waals surface area contributed by atoms with Crippen molar-refractivity contribution in [3.8, 4) is 17.2 Å². The van der Waals surface area contributed by atoms with Gasteiger partial charge in [-0.05, 0) is 44.3 Å². The van der Waals surface area contributed by atoms with Crippen molar-refractivity contribution in [1.82, 2.24) is 10.2 Å². The maximum Gasteiger partial charge on any atom is 0.227 e. The van der Waals surface area contributed by atoms with E-state index < -0.39 is 17.1 Å². The largest absolute Gasteiger partial charge is 0.504 e. The lowest BCUT2D eigenvalue weighted by Gasteiger charge is -2.25. The number of ether oxygens (including phenoxy) is 1. The Balaban J connectivity index is 1.90. The topological polar surface area (TPSA) is 112 Å². The molecule has 0 fully saturated rings. The summed E-state index contributed by atoms with van der Waals surface area (Å²) in [5.41, 5.74) is 1.02. The van der Waals surface area contributed by atoms with Gasteiger partial charge in [-0.15, -0.1) is 0 Å². The van der Waals surface area contributed by atoms with Crippen LogP contribution in [0.4, 0.5) is 0 Å². The number of aromatic hydroxyl groups is 2. The van der Waals surface area contributed by atoms with E-state index in [1.807, 2.05) is 49.3 Å². The van der Waals surface area contributed by atoms with Crippen molar-refractivity contribution in [3.63, 3.8) is 0 Å². The SMILES string of the molecule is COc1cc([C@@H](CC(=O)NC[C@@H](c2ccccc2)N(C)C)c2oc(C)cc(=O)c2O)ccc1O. The molecule has 2 atom stereocenters. The van der Waals surface area contributed by atoms with Crippen LogP contribution in [0.15, 0.2) is 63.8 Å². The van der Waals surface area contributed by atoms with Crippen molar-refractivity contribution >= 4 is 5.91 Å². The van der Waals surface area contributed by atoms with Crippen molar-refractivity contribution in [2.75, 3.05) is 27.7 Å². The molecule has 0 saturated carbocycles. The standard InChI is InChI=1S/C26H30N2O6/c1-16-12-22(30)25(32)26(34-16)19(18-10-11-21(29)23(13-18)33-4)14-24(31)27-15-20(28(2)3)17-8-6-5-7-9-17/h5-13,19-20,29,32H,14-15H2,1-4H3,(H,27,31)/t19-,20+/m1/s1. The molecule has 0 aliphatic carbocycles. The van der Waals surface area contributed by atoms with Gasteiger partial charge in [0.25, 0.3) is 0 Å². The third kappa shape index (κ3) is 5.77. The first kappa shape index (κ1) is 24.9. The normalized spacial score (nSPS) is 12.9. The van der Waals surface area contributed by atoms with E-state index in [0.29, 0.717) is 17.9 Å². The minimum atomic E-state index is -0.781. The van der Waals surface area contributed by atoms with Crippen molar-refractivity contribution in [3.05, 3.63) is 87.5 Å². The lowest BCUT2D eigenvalue weighted by molar-refractivity contribution is -0.121. The summed E-state index contributed by atoms with van der Waals surface area (Å²) in [4.78, 5) is 27.3. The fourth-order valence-electron chi connectivity index (χ4n) is 3.88. The molecule has 0 unspecified atom stereocenters. The van der Waals surface area contributed by atoms with Crippen LogP contribution in [0.3, 0.4) is 0 Å². The van der Waals surface area contributed by atoms with Crippen LogP contribution in [0.5, 0.6) is 17.2 Å². The molecule has 0 saturated heterocycles. The van der Waals surface area contributed by atoms with Crippen molar-refractivity contribution in [1.29, 1.82) is 0 Å². The van der Waals surface area contributed by atoms with Crippen molar-refractivity contribution in [2.45, 2.75) is 25.3 Å². The Morgan fingerprint density at radius 3 is 2.44 bits per heavy atom. The third-order valence-corrected chi connectivity index (χ3v) is 5.68. The number of nitrogens with zero attached hydrogens (tertiary/aromatic N) is 1. The summed E-state index contributed by atoms with van der Waals surface area (Å²) < 4.78 is 10.9. The molecule has 2 aromatic carbocycles. The number of benzene rings is 2. The summed E-state index contributed by atoms with van der Waals surface area (Å²) in [6, 6.07) is 15.6. The van der Waals surface area contributed by atoms with Gasteiger partial charge in [-0.2, -0.15) is 0 Å². The van der Waals surface area contributed by atoms with Gasteiger partial charge in [0.05, 0.1) is 19.1 Å². The van der Waals surface area contributed by atoms with E-state index >= 15 is 0 Å². The average Bonchev–Trinajstić information content (AvgIpc) is 2.81. The molecule has 1 amide bonds. The van der Waals surface area contributed by atoms with E-state index in [0.717, 1.165) is 5.56 Å². The van der Waals surface area contributed by atoms with E-state index in [4.69, 9.17) is 9.15 Å². The Morgan fingerprint density at radius 2 is 1.79 bits per heavy atom. The van der Waals surface area contributed by atoms with Gasteiger partial charge in [-0.1, -0.05) is 36.4 Å². The van der Waals surface area contributed by atoms with E-state index in [2.05, 4.69) is 5.32 Å². The Labute approximate surface area is 198 Å². The first-order chi connectivity index (χ1) is 16.2. The number of carbonyl (C=O) groups is 1. The third-order valence-electron chi connectivity index (χ3n) is 5.68. The number of carbonyl (C=O) groups excluding carboxylic acids is 1. The van der Waals surface area contributed by atoms with Crippen LogP contribution >= 0.6 is 0 Å². The number of nitrogens with one attached hydrogen (secondary N) is 1. The van der Waals surface area contributed by atoms with E-state index in [1.165, 1.54) is 19.2 Å². The molecule has 34 heavy (non-hydrogen) atoms. The highest BCUT2D eigenvalue weighted by Gasteiger charge is 2.27. The quantitative estimate of drug-likeness (QED) is 0.444. The zero-order chi connectivity index (χ0) is 24.8. The molecule has 1 heterocycles. The molecular formula is C26H30N2O6. The van der Waals surface area contributed by atoms with Crippen LogP contribution in [-0.2, 0) is 4.79 Å². The fourth-order valence-corrected chi connectivity index (χ4v) is 3.88. The number of aryl methyl sites for hydroxylation is 1. The molecule has 0 bridgehead atoms. The van der Waals surface area contributed by atoms with E-state index in [9.17, 15) is 19.8 Å². The van der Waals surface area contributed by atoms with Gasteiger partial charge in [0.1, 0.15) is 5.76 Å². The second kappa shape index (κ2) is 10.9. The predicted molar refractivity (Wildman–Crippen MR) is 128 cm³/mol. The van der Waals surface area contributed by atoms with Crippen molar-refractivity contribution < 1.29 is 24.2 Å². The molecule has 0 aliphatic heterocycles. The monoisotopic (exact) mass is 466 g/mol. The summed E-state index contributed by atoms with van der Waals surface area (Å²) in [5.74, 6) is -1.19. The molecular weight excluding hydrogens is 436 g/mol. The zero-order valence-electron chi connectivity index (χ0n) is 19.7. The maximum atomic E-state index is 13.0. The van der Waals surface area contributed by atoms with Crippen molar-refractivity contribution in [2.24, 2.45) is 0 Å². The summed E-state index contributed by atoms with van der Waals surface area (Å²) in [6.45, 7) is 1.96. The Bertz CT molecular complexity index is 1190. The first-order valence-electron chi connectivity index (χ1n) is 10.9. The molecule has 0 aliphatic rings. The molecule has 1 aromatic heterocycles. The fraction of sp³-hybridized carbons (Fsp3) is 0.308. The summed E-state index contributed by atoms with van der Waals surface area (Å²) in [6.07, 6.45) is -0.0944. The number of hydrogen-bond donors (Lipinski definition) is 3. The lowest BCUT2D eigenvalue weighted by atomic mass is 9.91. The van der Waals surface area contributed by atoms with Gasteiger partial charge in [0.15, 0.2) is 17.3 Å². The first-order valence-corrected chi connectivity index (χ1v) is 10.9. The van der Waals surface area contributed by atoms with Crippen LogP contribution in [0, 0.1) is 6.92 Å². The minimum Gasteiger partial charge on any atom is -0.504 e. The number of hydrogen-bond acceptors (Lipinski definition) is 7.